The highest BCUT2D eigenvalue weighted by atomic mass is 16.5. The van der Waals surface area contributed by atoms with Crippen molar-refractivity contribution in [3.05, 3.63) is 64.9 Å². The monoisotopic (exact) mass is 439 g/mol. The number of aliphatic hydroxyl groups is 1. The van der Waals surface area contributed by atoms with E-state index >= 15 is 0 Å². The fraction of sp³-hybridized carbons (Fsp3) is 0.360. The summed E-state index contributed by atoms with van der Waals surface area (Å²) in [6, 6.07) is 11.7. The quantitative estimate of drug-likeness (QED) is 0.695. The number of carbonyl (C=O) groups excluding carboxylic acids is 2. The van der Waals surface area contributed by atoms with Crippen molar-refractivity contribution in [1.82, 2.24) is 4.90 Å². The summed E-state index contributed by atoms with van der Waals surface area (Å²) in [7, 11) is 4.64. The highest BCUT2D eigenvalue weighted by molar-refractivity contribution is 6.10. The summed E-state index contributed by atoms with van der Waals surface area (Å²) in [5.74, 6) is 0.296. The molecule has 0 saturated carbocycles. The van der Waals surface area contributed by atoms with Crippen LogP contribution in [-0.2, 0) is 16.1 Å². The molecule has 2 aromatic carbocycles. The number of methoxy groups -OCH3 is 3. The molecule has 0 spiro atoms. The van der Waals surface area contributed by atoms with Crippen LogP contribution in [0.25, 0.3) is 0 Å². The molecule has 1 aliphatic rings. The third kappa shape index (κ3) is 4.28. The van der Waals surface area contributed by atoms with Crippen LogP contribution in [0.1, 0.15) is 37.9 Å². The predicted octanol–water partition coefficient (Wildman–Crippen LogP) is 4.22. The first-order valence-corrected chi connectivity index (χ1v) is 10.3. The van der Waals surface area contributed by atoms with Crippen LogP contribution in [0, 0.1) is 5.41 Å². The van der Waals surface area contributed by atoms with Gasteiger partial charge in [-0.15, -0.1) is 0 Å². The molecule has 0 saturated heterocycles. The number of ether oxygens (including phenoxy) is 3. The molecular formula is C25H29NO6. The topological polar surface area (TPSA) is 85.3 Å². The van der Waals surface area contributed by atoms with Crippen LogP contribution in [0.5, 0.6) is 17.2 Å². The molecule has 0 fully saturated rings. The van der Waals surface area contributed by atoms with E-state index in [0.717, 1.165) is 5.56 Å². The van der Waals surface area contributed by atoms with Crippen molar-refractivity contribution in [3.63, 3.8) is 0 Å². The van der Waals surface area contributed by atoms with Gasteiger partial charge in [-0.1, -0.05) is 39.0 Å². The van der Waals surface area contributed by atoms with Crippen LogP contribution in [-0.4, -0.2) is 43.0 Å². The average molecular weight is 440 g/mol. The minimum absolute atomic E-state index is 0.0863. The number of carbonyl (C=O) groups is 2. The number of Topliss-reactive ketones (excluding diaryl/α,β-unsaturated/α-hetero) is 1. The minimum Gasteiger partial charge on any atom is -0.503 e. The Morgan fingerprint density at radius 3 is 2.12 bits per heavy atom. The molecule has 1 atom stereocenters. The van der Waals surface area contributed by atoms with E-state index in [-0.39, 0.29) is 17.9 Å². The van der Waals surface area contributed by atoms with Crippen LogP contribution >= 0.6 is 0 Å². The van der Waals surface area contributed by atoms with Crippen molar-refractivity contribution in [1.29, 1.82) is 0 Å². The Labute approximate surface area is 188 Å². The van der Waals surface area contributed by atoms with Crippen molar-refractivity contribution in [2.24, 2.45) is 5.41 Å². The summed E-state index contributed by atoms with van der Waals surface area (Å²) in [4.78, 5) is 27.9. The zero-order valence-corrected chi connectivity index (χ0v) is 19.3. The molecule has 7 nitrogen and oxygen atoms in total. The highest BCUT2D eigenvalue weighted by Crippen LogP contribution is 2.43. The second kappa shape index (κ2) is 8.94. The van der Waals surface area contributed by atoms with Gasteiger partial charge in [-0.05, 0) is 35.4 Å². The lowest BCUT2D eigenvalue weighted by Crippen LogP contribution is -2.32. The molecule has 3 rings (SSSR count). The number of ketones is 1. The third-order valence-corrected chi connectivity index (χ3v) is 5.46. The third-order valence-electron chi connectivity index (χ3n) is 5.46. The Kier molecular flexibility index (Phi) is 6.48. The number of nitrogens with zero attached hydrogens (tertiary/aromatic N) is 1. The van der Waals surface area contributed by atoms with E-state index < -0.39 is 23.1 Å². The summed E-state index contributed by atoms with van der Waals surface area (Å²) in [6.45, 7) is 5.49. The molecule has 32 heavy (non-hydrogen) atoms. The minimum atomic E-state index is -0.783. The molecule has 7 heteroatoms. The lowest BCUT2D eigenvalue weighted by Gasteiger charge is -2.29. The van der Waals surface area contributed by atoms with Gasteiger partial charge < -0.3 is 24.2 Å². The van der Waals surface area contributed by atoms with Gasteiger partial charge in [-0.25, -0.2) is 0 Å². The van der Waals surface area contributed by atoms with E-state index in [9.17, 15) is 14.7 Å². The van der Waals surface area contributed by atoms with Crippen molar-refractivity contribution in [2.45, 2.75) is 33.4 Å². The molecule has 1 heterocycles. The molecule has 170 valence electrons. The van der Waals surface area contributed by atoms with E-state index in [4.69, 9.17) is 14.2 Å². The number of benzene rings is 2. The van der Waals surface area contributed by atoms with E-state index in [0.29, 0.717) is 22.8 Å². The average Bonchev–Trinajstić information content (AvgIpc) is 3.02. The lowest BCUT2D eigenvalue weighted by molar-refractivity contribution is -0.130. The van der Waals surface area contributed by atoms with E-state index in [1.807, 2.05) is 12.1 Å². The molecule has 1 N–H and O–H groups in total. The number of hydrogen-bond donors (Lipinski definition) is 1. The first kappa shape index (κ1) is 23.2. The first-order valence-electron chi connectivity index (χ1n) is 10.3. The Hall–Kier alpha value is -3.48. The highest BCUT2D eigenvalue weighted by Gasteiger charge is 2.46. The summed E-state index contributed by atoms with van der Waals surface area (Å²) in [5.41, 5.74) is 0.778. The van der Waals surface area contributed by atoms with Gasteiger partial charge in [0.15, 0.2) is 23.0 Å². The van der Waals surface area contributed by atoms with Crippen LogP contribution in [0.4, 0.5) is 0 Å². The molecular weight excluding hydrogens is 410 g/mol. The molecule has 1 aliphatic heterocycles. The number of rotatable bonds is 7. The predicted molar refractivity (Wildman–Crippen MR) is 120 cm³/mol. The molecule has 2 aromatic rings. The Balaban J connectivity index is 2.11. The SMILES string of the molecule is COc1ccc(CN2C(=O)C(O)=C(C(=O)C(C)(C)C)C2c2ccc(OC)c(OC)c2)cc1. The van der Waals surface area contributed by atoms with Crippen molar-refractivity contribution < 1.29 is 28.9 Å². The van der Waals surface area contributed by atoms with Gasteiger partial charge in [0.05, 0.1) is 32.9 Å². The van der Waals surface area contributed by atoms with Crippen molar-refractivity contribution >= 4 is 11.7 Å². The van der Waals surface area contributed by atoms with Crippen molar-refractivity contribution in [3.8, 4) is 17.2 Å². The first-order chi connectivity index (χ1) is 15.1. The van der Waals surface area contributed by atoms with Gasteiger partial charge in [0.25, 0.3) is 5.91 Å². The Morgan fingerprint density at radius 1 is 0.969 bits per heavy atom. The number of hydrogen-bond acceptors (Lipinski definition) is 6. The van der Waals surface area contributed by atoms with Gasteiger partial charge >= 0.3 is 0 Å². The fourth-order valence-electron chi connectivity index (χ4n) is 3.75. The maximum atomic E-state index is 13.3. The maximum Gasteiger partial charge on any atom is 0.290 e. The second-order valence-electron chi connectivity index (χ2n) is 8.64. The standard InChI is InChI=1S/C25H29NO6/c1-25(2,3)23(28)20-21(16-9-12-18(31-5)19(13-16)32-6)26(24(29)22(20)27)14-15-7-10-17(30-4)11-8-15/h7-13,21,27H,14H2,1-6H3. The fourth-order valence-corrected chi connectivity index (χ4v) is 3.75. The zero-order valence-electron chi connectivity index (χ0n) is 19.3. The van der Waals surface area contributed by atoms with Crippen molar-refractivity contribution in [2.75, 3.05) is 21.3 Å². The summed E-state index contributed by atoms with van der Waals surface area (Å²) in [5, 5.41) is 10.8. The van der Waals surface area contributed by atoms with Crippen LogP contribution in [0.3, 0.4) is 0 Å². The van der Waals surface area contributed by atoms with Crippen LogP contribution in [0.2, 0.25) is 0 Å². The molecule has 0 aliphatic carbocycles. The normalized spacial score (nSPS) is 16.4. The molecule has 0 bridgehead atoms. The molecule has 1 unspecified atom stereocenters. The zero-order chi connectivity index (χ0) is 23.6. The Morgan fingerprint density at radius 2 is 1.59 bits per heavy atom. The van der Waals surface area contributed by atoms with Crippen LogP contribution < -0.4 is 14.2 Å². The van der Waals surface area contributed by atoms with Crippen LogP contribution in [0.15, 0.2) is 53.8 Å². The van der Waals surface area contributed by atoms with Gasteiger partial charge in [-0.3, -0.25) is 9.59 Å². The van der Waals surface area contributed by atoms with E-state index in [1.54, 1.807) is 58.2 Å². The largest absolute Gasteiger partial charge is 0.503 e. The molecule has 1 amide bonds. The molecule has 0 radical (unpaired) electrons. The maximum absolute atomic E-state index is 13.3. The summed E-state index contributed by atoms with van der Waals surface area (Å²) < 4.78 is 16.0. The lowest BCUT2D eigenvalue weighted by atomic mass is 9.82. The van der Waals surface area contributed by atoms with Gasteiger partial charge in [0.2, 0.25) is 0 Å². The smallest absolute Gasteiger partial charge is 0.290 e. The van der Waals surface area contributed by atoms with Gasteiger partial charge in [0.1, 0.15) is 5.75 Å². The second-order valence-corrected chi connectivity index (χ2v) is 8.64. The number of amides is 1. The van der Waals surface area contributed by atoms with E-state index in [2.05, 4.69) is 0 Å². The van der Waals surface area contributed by atoms with Gasteiger partial charge in [-0.2, -0.15) is 0 Å². The Bertz CT molecular complexity index is 1050. The van der Waals surface area contributed by atoms with E-state index in [1.165, 1.54) is 19.1 Å². The number of aliphatic hydroxyl groups excluding tert-OH is 1. The van der Waals surface area contributed by atoms with Gasteiger partial charge in [0, 0.05) is 12.0 Å². The summed E-state index contributed by atoms with van der Waals surface area (Å²) >= 11 is 0. The molecule has 0 aromatic heterocycles. The summed E-state index contributed by atoms with van der Waals surface area (Å²) in [6.07, 6.45) is 0.